The predicted molar refractivity (Wildman–Crippen MR) is 72.1 cm³/mol. The van der Waals surface area contributed by atoms with E-state index >= 15 is 0 Å². The molecule has 0 spiro atoms. The fraction of sp³-hybridized carbons (Fsp3) is 0.133. The molecule has 0 radical (unpaired) electrons. The summed E-state index contributed by atoms with van der Waals surface area (Å²) in [6.45, 7) is 2.04. The summed E-state index contributed by atoms with van der Waals surface area (Å²) in [5.74, 6) is 2.54. The number of nitrogens with one attached hydrogen (secondary N) is 1. The first-order valence-electron chi connectivity index (χ1n) is 5.73. The molecule has 0 aliphatic heterocycles. The zero-order chi connectivity index (χ0) is 13.8. The molecule has 0 aliphatic rings. The Balaban J connectivity index is 2.08. The van der Waals surface area contributed by atoms with E-state index in [1.807, 2.05) is 24.3 Å². The number of rotatable bonds is 4. The molecule has 0 aliphatic carbocycles. The van der Waals surface area contributed by atoms with Gasteiger partial charge in [0, 0.05) is 11.3 Å². The lowest BCUT2D eigenvalue weighted by atomic mass is 10.2. The van der Waals surface area contributed by atoms with Gasteiger partial charge in [0.05, 0.1) is 6.54 Å². The molecule has 96 valence electrons. The monoisotopic (exact) mass is 255 g/mol. The van der Waals surface area contributed by atoms with Crippen molar-refractivity contribution in [2.45, 2.75) is 13.5 Å². The zero-order valence-corrected chi connectivity index (χ0v) is 10.4. The van der Waals surface area contributed by atoms with Gasteiger partial charge in [0.1, 0.15) is 17.1 Å². The number of terminal acetylenes is 1. The van der Waals surface area contributed by atoms with Crippen molar-refractivity contribution >= 4 is 11.7 Å². The van der Waals surface area contributed by atoms with Gasteiger partial charge >= 0.3 is 5.97 Å². The quantitative estimate of drug-likeness (QED) is 0.825. The van der Waals surface area contributed by atoms with E-state index in [9.17, 15) is 4.79 Å². The van der Waals surface area contributed by atoms with Crippen LogP contribution in [0.3, 0.4) is 0 Å². The maximum Gasteiger partial charge on any atom is 0.339 e. The van der Waals surface area contributed by atoms with E-state index in [2.05, 4.69) is 11.2 Å². The van der Waals surface area contributed by atoms with Crippen LogP contribution in [-0.4, -0.2) is 11.1 Å². The predicted octanol–water partition coefficient (Wildman–Crippen LogP) is 2.88. The largest absolute Gasteiger partial charge is 0.478 e. The maximum atomic E-state index is 10.9. The first-order valence-corrected chi connectivity index (χ1v) is 5.73. The van der Waals surface area contributed by atoms with Crippen molar-refractivity contribution in [3.63, 3.8) is 0 Å². The Morgan fingerprint density at radius 2 is 2.26 bits per heavy atom. The second-order valence-corrected chi connectivity index (χ2v) is 4.07. The van der Waals surface area contributed by atoms with E-state index in [1.54, 1.807) is 6.92 Å². The molecule has 0 bridgehead atoms. The van der Waals surface area contributed by atoms with Crippen LogP contribution in [0, 0.1) is 19.3 Å². The van der Waals surface area contributed by atoms with Crippen LogP contribution in [0.2, 0.25) is 0 Å². The van der Waals surface area contributed by atoms with Crippen LogP contribution in [0.5, 0.6) is 0 Å². The third-order valence-corrected chi connectivity index (χ3v) is 2.70. The molecule has 0 amide bonds. The molecule has 0 fully saturated rings. The van der Waals surface area contributed by atoms with Gasteiger partial charge in [-0.1, -0.05) is 12.0 Å². The second kappa shape index (κ2) is 5.32. The van der Waals surface area contributed by atoms with Crippen LogP contribution < -0.4 is 5.32 Å². The lowest BCUT2D eigenvalue weighted by Crippen LogP contribution is -1.98. The first-order chi connectivity index (χ1) is 9.10. The van der Waals surface area contributed by atoms with Crippen LogP contribution >= 0.6 is 0 Å². The SMILES string of the molecule is C#Cc1cccc(NCc2cc(C(=O)O)c(C)o2)c1. The number of hydrogen-bond acceptors (Lipinski definition) is 3. The van der Waals surface area contributed by atoms with Crippen LogP contribution in [0.15, 0.2) is 34.7 Å². The van der Waals surface area contributed by atoms with Gasteiger partial charge < -0.3 is 14.8 Å². The zero-order valence-electron chi connectivity index (χ0n) is 10.4. The van der Waals surface area contributed by atoms with Crippen molar-refractivity contribution in [1.29, 1.82) is 0 Å². The molecule has 4 heteroatoms. The lowest BCUT2D eigenvalue weighted by molar-refractivity contribution is 0.0695. The summed E-state index contributed by atoms with van der Waals surface area (Å²) in [5, 5.41) is 12.1. The Bertz CT molecular complexity index is 650. The summed E-state index contributed by atoms with van der Waals surface area (Å²) in [5.41, 5.74) is 1.84. The number of aryl methyl sites for hydroxylation is 1. The summed E-state index contributed by atoms with van der Waals surface area (Å²) < 4.78 is 5.37. The Morgan fingerprint density at radius 1 is 1.47 bits per heavy atom. The van der Waals surface area contributed by atoms with Crippen molar-refractivity contribution in [1.82, 2.24) is 0 Å². The summed E-state index contributed by atoms with van der Waals surface area (Å²) >= 11 is 0. The summed E-state index contributed by atoms with van der Waals surface area (Å²) in [7, 11) is 0. The van der Waals surface area contributed by atoms with Gasteiger partial charge in [-0.3, -0.25) is 0 Å². The molecule has 0 saturated heterocycles. The van der Waals surface area contributed by atoms with E-state index in [1.165, 1.54) is 6.07 Å². The van der Waals surface area contributed by atoms with Crippen molar-refractivity contribution < 1.29 is 14.3 Å². The number of anilines is 1. The first kappa shape index (κ1) is 12.8. The molecule has 2 rings (SSSR count). The Labute approximate surface area is 111 Å². The molecule has 2 N–H and O–H groups in total. The van der Waals surface area contributed by atoms with E-state index in [0.29, 0.717) is 18.1 Å². The average Bonchev–Trinajstić information content (AvgIpc) is 2.78. The smallest absolute Gasteiger partial charge is 0.339 e. The molecule has 1 aromatic heterocycles. The van der Waals surface area contributed by atoms with E-state index in [0.717, 1.165) is 11.3 Å². The number of furan rings is 1. The number of benzene rings is 1. The van der Waals surface area contributed by atoms with E-state index in [-0.39, 0.29) is 5.56 Å². The van der Waals surface area contributed by atoms with Crippen molar-refractivity contribution in [2.24, 2.45) is 0 Å². The van der Waals surface area contributed by atoms with Crippen LogP contribution in [0.25, 0.3) is 0 Å². The lowest BCUT2D eigenvalue weighted by Gasteiger charge is -2.04. The Morgan fingerprint density at radius 3 is 2.89 bits per heavy atom. The number of carboxylic acids is 1. The van der Waals surface area contributed by atoms with Gasteiger partial charge in [-0.05, 0) is 31.2 Å². The van der Waals surface area contributed by atoms with Crippen molar-refractivity contribution in [3.05, 3.63) is 53.0 Å². The third kappa shape index (κ3) is 2.96. The summed E-state index contributed by atoms with van der Waals surface area (Å²) in [6.07, 6.45) is 5.32. The number of carbonyl (C=O) groups is 1. The van der Waals surface area contributed by atoms with Crippen molar-refractivity contribution in [2.75, 3.05) is 5.32 Å². The normalized spacial score (nSPS) is 9.89. The fourth-order valence-corrected chi connectivity index (χ4v) is 1.75. The molecule has 0 saturated carbocycles. The molecule has 1 heterocycles. The van der Waals surface area contributed by atoms with Crippen LogP contribution in [-0.2, 0) is 6.54 Å². The van der Waals surface area contributed by atoms with Gasteiger partial charge in [0.2, 0.25) is 0 Å². The van der Waals surface area contributed by atoms with Crippen LogP contribution in [0.4, 0.5) is 5.69 Å². The summed E-state index contributed by atoms with van der Waals surface area (Å²) in [6, 6.07) is 8.94. The second-order valence-electron chi connectivity index (χ2n) is 4.07. The molecular weight excluding hydrogens is 242 g/mol. The maximum absolute atomic E-state index is 10.9. The van der Waals surface area contributed by atoms with Gasteiger partial charge in [0.15, 0.2) is 0 Å². The number of aromatic carboxylic acids is 1. The van der Waals surface area contributed by atoms with E-state index in [4.69, 9.17) is 15.9 Å². The average molecular weight is 255 g/mol. The standard InChI is InChI=1S/C15H13NO3/c1-3-11-5-4-6-12(7-11)16-9-13-8-14(15(17)18)10(2)19-13/h1,4-8,16H,9H2,2H3,(H,17,18). The van der Waals surface area contributed by atoms with E-state index < -0.39 is 5.97 Å². The minimum atomic E-state index is -0.984. The molecule has 0 atom stereocenters. The minimum Gasteiger partial charge on any atom is -0.478 e. The number of carboxylic acid groups (broad SMARTS) is 1. The van der Waals surface area contributed by atoms with Gasteiger partial charge in [-0.2, -0.15) is 0 Å². The highest BCUT2D eigenvalue weighted by molar-refractivity contribution is 5.88. The molecule has 4 nitrogen and oxygen atoms in total. The minimum absolute atomic E-state index is 0.189. The van der Waals surface area contributed by atoms with Gasteiger partial charge in [-0.15, -0.1) is 6.42 Å². The highest BCUT2D eigenvalue weighted by Crippen LogP contribution is 2.17. The third-order valence-electron chi connectivity index (χ3n) is 2.70. The molecule has 1 aromatic carbocycles. The van der Waals surface area contributed by atoms with Gasteiger partial charge in [-0.25, -0.2) is 4.79 Å². The molecule has 19 heavy (non-hydrogen) atoms. The van der Waals surface area contributed by atoms with Crippen molar-refractivity contribution in [3.8, 4) is 12.3 Å². The molecule has 0 unspecified atom stereocenters. The Kier molecular flexibility index (Phi) is 3.58. The highest BCUT2D eigenvalue weighted by Gasteiger charge is 2.13. The Hall–Kier alpha value is -2.67. The fourth-order valence-electron chi connectivity index (χ4n) is 1.75. The van der Waals surface area contributed by atoms with Crippen LogP contribution in [0.1, 0.15) is 27.4 Å². The van der Waals surface area contributed by atoms with Gasteiger partial charge in [0.25, 0.3) is 0 Å². The highest BCUT2D eigenvalue weighted by atomic mass is 16.4. The summed E-state index contributed by atoms with van der Waals surface area (Å²) in [4.78, 5) is 10.9. The number of hydrogen-bond donors (Lipinski definition) is 2. The topological polar surface area (TPSA) is 62.5 Å². The molecular formula is C15H13NO3. The molecule has 2 aromatic rings.